The third-order valence-corrected chi connectivity index (χ3v) is 3.14. The zero-order valence-electron chi connectivity index (χ0n) is 6.74. The van der Waals surface area contributed by atoms with Crippen LogP contribution in [0.1, 0.15) is 6.42 Å². The van der Waals surface area contributed by atoms with Gasteiger partial charge in [0.25, 0.3) is 10.1 Å². The fraction of sp³-hybridized carbons (Fsp3) is 0.833. The van der Waals surface area contributed by atoms with Gasteiger partial charge in [-0.15, -0.1) is 0 Å². The van der Waals surface area contributed by atoms with Crippen molar-refractivity contribution in [3.05, 3.63) is 0 Å². The maximum atomic E-state index is 10.9. The molecule has 0 spiro atoms. The average Bonchev–Trinajstić information content (AvgIpc) is 2.36. The quantitative estimate of drug-likeness (QED) is 0.589. The molecule has 1 N–H and O–H groups in total. The Morgan fingerprint density at radius 1 is 1.67 bits per heavy atom. The van der Waals surface area contributed by atoms with E-state index in [-0.39, 0.29) is 11.7 Å². The second-order valence-corrected chi connectivity index (χ2v) is 4.45. The van der Waals surface area contributed by atoms with Crippen LogP contribution in [0.25, 0.3) is 0 Å². The average molecular weight is 193 g/mol. The Morgan fingerprint density at radius 2 is 2.33 bits per heavy atom. The number of carbonyl (C=O) groups is 1. The van der Waals surface area contributed by atoms with Crippen molar-refractivity contribution in [1.82, 2.24) is 5.32 Å². The van der Waals surface area contributed by atoms with Gasteiger partial charge in [0.05, 0.1) is 18.8 Å². The summed E-state index contributed by atoms with van der Waals surface area (Å²) < 4.78 is 26.0. The first-order valence-electron chi connectivity index (χ1n) is 3.61. The largest absolute Gasteiger partial charge is 0.356 e. The smallest absolute Gasteiger partial charge is 0.267 e. The maximum Gasteiger partial charge on any atom is 0.267 e. The van der Waals surface area contributed by atoms with E-state index in [0.29, 0.717) is 13.0 Å². The Balaban J connectivity index is 2.57. The fourth-order valence-electron chi connectivity index (χ4n) is 1.12. The van der Waals surface area contributed by atoms with Crippen molar-refractivity contribution in [3.8, 4) is 0 Å². The molecule has 70 valence electrons. The molecule has 1 rings (SSSR count). The van der Waals surface area contributed by atoms with Crippen molar-refractivity contribution >= 4 is 16.0 Å². The van der Waals surface area contributed by atoms with Crippen molar-refractivity contribution in [2.45, 2.75) is 6.42 Å². The van der Waals surface area contributed by atoms with Gasteiger partial charge in [-0.05, 0) is 6.42 Å². The molecule has 12 heavy (non-hydrogen) atoms. The molecule has 0 aliphatic carbocycles. The van der Waals surface area contributed by atoms with Gasteiger partial charge >= 0.3 is 0 Å². The highest BCUT2D eigenvalue weighted by Gasteiger charge is 2.29. The van der Waals surface area contributed by atoms with Crippen LogP contribution >= 0.6 is 0 Å². The molecule has 0 bridgehead atoms. The van der Waals surface area contributed by atoms with E-state index in [4.69, 9.17) is 0 Å². The monoisotopic (exact) mass is 193 g/mol. The van der Waals surface area contributed by atoms with Crippen molar-refractivity contribution in [2.24, 2.45) is 5.92 Å². The van der Waals surface area contributed by atoms with Crippen molar-refractivity contribution in [3.63, 3.8) is 0 Å². The first kappa shape index (κ1) is 9.47. The first-order chi connectivity index (χ1) is 5.55. The van der Waals surface area contributed by atoms with Crippen LogP contribution in [0.3, 0.4) is 0 Å². The summed E-state index contributed by atoms with van der Waals surface area (Å²) in [7, 11) is -2.40. The van der Waals surface area contributed by atoms with Gasteiger partial charge in [0.1, 0.15) is 0 Å². The van der Waals surface area contributed by atoms with Crippen molar-refractivity contribution in [2.75, 3.05) is 19.4 Å². The second-order valence-electron chi connectivity index (χ2n) is 2.67. The molecule has 1 fully saturated rings. The number of rotatable bonds is 3. The number of carbonyl (C=O) groups excluding carboxylic acids is 1. The van der Waals surface area contributed by atoms with E-state index in [1.807, 2.05) is 0 Å². The Hall–Kier alpha value is -0.620. The number of nitrogens with one attached hydrogen (secondary N) is 1. The van der Waals surface area contributed by atoms with Crippen molar-refractivity contribution in [1.29, 1.82) is 0 Å². The Labute approximate surface area is 71.2 Å². The highest BCUT2D eigenvalue weighted by atomic mass is 32.2. The molecule has 0 aromatic heterocycles. The van der Waals surface area contributed by atoms with E-state index >= 15 is 0 Å². The van der Waals surface area contributed by atoms with Crippen LogP contribution in [0.2, 0.25) is 0 Å². The zero-order chi connectivity index (χ0) is 9.19. The lowest BCUT2D eigenvalue weighted by molar-refractivity contribution is -0.121. The van der Waals surface area contributed by atoms with Gasteiger partial charge in [0.2, 0.25) is 5.91 Å². The third-order valence-electron chi connectivity index (χ3n) is 1.82. The maximum absolute atomic E-state index is 10.9. The molecule has 1 saturated heterocycles. The fourth-order valence-corrected chi connectivity index (χ4v) is 2.07. The van der Waals surface area contributed by atoms with Crippen LogP contribution in [-0.2, 0) is 19.1 Å². The molecule has 0 radical (unpaired) electrons. The summed E-state index contributed by atoms with van der Waals surface area (Å²) in [6.07, 6.45) is 0.571. The van der Waals surface area contributed by atoms with Crippen LogP contribution in [0.4, 0.5) is 0 Å². The third kappa shape index (κ3) is 2.18. The molecule has 1 amide bonds. The predicted molar refractivity (Wildman–Crippen MR) is 41.9 cm³/mol. The molecule has 0 aromatic carbocycles. The Morgan fingerprint density at radius 3 is 2.75 bits per heavy atom. The Kier molecular flexibility index (Phi) is 2.69. The highest BCUT2D eigenvalue weighted by molar-refractivity contribution is 7.86. The van der Waals surface area contributed by atoms with Gasteiger partial charge < -0.3 is 5.32 Å². The summed E-state index contributed by atoms with van der Waals surface area (Å²) in [5.41, 5.74) is 0. The number of amides is 1. The van der Waals surface area contributed by atoms with Gasteiger partial charge in [-0.1, -0.05) is 0 Å². The van der Waals surface area contributed by atoms with E-state index in [1.165, 1.54) is 0 Å². The molecule has 1 unspecified atom stereocenters. The lowest BCUT2D eigenvalue weighted by atomic mass is 10.1. The normalized spacial score (nSPS) is 24.1. The summed E-state index contributed by atoms with van der Waals surface area (Å²) in [5.74, 6) is -0.847. The summed E-state index contributed by atoms with van der Waals surface area (Å²) in [5, 5.41) is 2.56. The van der Waals surface area contributed by atoms with E-state index in [2.05, 4.69) is 9.50 Å². The van der Waals surface area contributed by atoms with Gasteiger partial charge in [-0.2, -0.15) is 8.42 Å². The molecule has 1 aliphatic heterocycles. The molecule has 1 heterocycles. The summed E-state index contributed by atoms with van der Waals surface area (Å²) >= 11 is 0. The van der Waals surface area contributed by atoms with Crippen molar-refractivity contribution < 1.29 is 17.4 Å². The molecular formula is C6H11NO4S. The lowest BCUT2D eigenvalue weighted by Crippen LogP contribution is -2.25. The van der Waals surface area contributed by atoms with Gasteiger partial charge in [-0.3, -0.25) is 8.98 Å². The SMILES string of the molecule is COS(=O)(=O)CC1CCNC1=O. The topological polar surface area (TPSA) is 72.5 Å². The molecular weight excluding hydrogens is 182 g/mol. The molecule has 0 saturated carbocycles. The van der Waals surface area contributed by atoms with Gasteiger partial charge in [-0.25, -0.2) is 0 Å². The van der Waals surface area contributed by atoms with Gasteiger partial charge in [0.15, 0.2) is 0 Å². The van der Waals surface area contributed by atoms with E-state index < -0.39 is 16.0 Å². The summed E-state index contributed by atoms with van der Waals surface area (Å²) in [6.45, 7) is 0.558. The minimum atomic E-state index is -3.50. The summed E-state index contributed by atoms with van der Waals surface area (Å²) in [4.78, 5) is 10.9. The standard InChI is InChI=1S/C6H11NO4S/c1-11-12(9,10)4-5-2-3-7-6(5)8/h5H,2-4H2,1H3,(H,7,8). The highest BCUT2D eigenvalue weighted by Crippen LogP contribution is 2.12. The van der Waals surface area contributed by atoms with E-state index in [1.54, 1.807) is 0 Å². The van der Waals surface area contributed by atoms with Crippen LogP contribution in [0.15, 0.2) is 0 Å². The van der Waals surface area contributed by atoms with Crippen LogP contribution in [0.5, 0.6) is 0 Å². The van der Waals surface area contributed by atoms with Gasteiger partial charge in [0, 0.05) is 6.54 Å². The van der Waals surface area contributed by atoms with E-state index in [0.717, 1.165) is 7.11 Å². The van der Waals surface area contributed by atoms with E-state index in [9.17, 15) is 13.2 Å². The minimum absolute atomic E-state index is 0.198. The minimum Gasteiger partial charge on any atom is -0.356 e. The molecule has 5 nitrogen and oxygen atoms in total. The Bertz CT molecular complexity index is 271. The number of hydrogen-bond acceptors (Lipinski definition) is 4. The zero-order valence-corrected chi connectivity index (χ0v) is 7.56. The molecule has 1 aliphatic rings. The first-order valence-corrected chi connectivity index (χ1v) is 5.19. The second kappa shape index (κ2) is 3.40. The molecule has 1 atom stereocenters. The lowest BCUT2D eigenvalue weighted by Gasteiger charge is -2.04. The summed E-state index contributed by atoms with van der Waals surface area (Å²) in [6, 6.07) is 0. The predicted octanol–water partition coefficient (Wildman–Crippen LogP) is -0.901. The van der Waals surface area contributed by atoms with Crippen LogP contribution in [-0.4, -0.2) is 33.7 Å². The molecule has 6 heteroatoms. The molecule has 0 aromatic rings. The van der Waals surface area contributed by atoms with Crippen LogP contribution < -0.4 is 5.32 Å². The van der Waals surface area contributed by atoms with Crippen LogP contribution in [0, 0.1) is 5.92 Å². The number of hydrogen-bond donors (Lipinski definition) is 1.